The Balaban J connectivity index is 1.42. The van der Waals surface area contributed by atoms with Crippen LogP contribution in [0.25, 0.3) is 0 Å². The van der Waals surface area contributed by atoms with E-state index in [9.17, 15) is 4.79 Å². The number of carbonyl (C=O) groups excluding carboxylic acids is 1. The van der Waals surface area contributed by atoms with Gasteiger partial charge in [-0.3, -0.25) is 4.79 Å². The van der Waals surface area contributed by atoms with Crippen LogP contribution in [0, 0.1) is 0 Å². The zero-order valence-corrected chi connectivity index (χ0v) is 13.4. The average molecular weight is 312 g/mol. The largest absolute Gasteiger partial charge is 0.352 e. The van der Waals surface area contributed by atoms with Gasteiger partial charge in [0, 0.05) is 31.0 Å². The summed E-state index contributed by atoms with van der Waals surface area (Å²) in [7, 11) is 0. The van der Waals surface area contributed by atoms with Crippen molar-refractivity contribution in [2.75, 3.05) is 26.2 Å². The van der Waals surface area contributed by atoms with Crippen LogP contribution in [-0.4, -0.2) is 46.5 Å². The van der Waals surface area contributed by atoms with Crippen LogP contribution >= 0.6 is 0 Å². The lowest BCUT2D eigenvalue weighted by Gasteiger charge is -2.14. The molecule has 2 heterocycles. The van der Waals surface area contributed by atoms with E-state index >= 15 is 0 Å². The maximum absolute atomic E-state index is 12.1. The van der Waals surface area contributed by atoms with E-state index in [4.69, 9.17) is 0 Å². The Morgan fingerprint density at radius 1 is 1.17 bits per heavy atom. The predicted octanol–water partition coefficient (Wildman–Crippen LogP) is 2.15. The second-order valence-corrected chi connectivity index (χ2v) is 6.09. The number of benzene rings is 1. The van der Waals surface area contributed by atoms with Crippen molar-refractivity contribution < 1.29 is 4.79 Å². The Kier molecular flexibility index (Phi) is 5.42. The third-order valence-electron chi connectivity index (χ3n) is 4.28. The minimum absolute atomic E-state index is 0.0144. The molecule has 0 radical (unpaired) electrons. The summed E-state index contributed by atoms with van der Waals surface area (Å²) < 4.78 is 2.01. The molecule has 122 valence electrons. The highest BCUT2D eigenvalue weighted by Crippen LogP contribution is 2.08. The molecule has 0 bridgehead atoms. The average Bonchev–Trinajstić information content (AvgIpc) is 3.26. The lowest BCUT2D eigenvalue weighted by Crippen LogP contribution is -2.28. The van der Waals surface area contributed by atoms with Gasteiger partial charge < -0.3 is 14.8 Å². The maximum atomic E-state index is 12.1. The first-order valence-electron chi connectivity index (χ1n) is 8.36. The first-order chi connectivity index (χ1) is 11.3. The van der Waals surface area contributed by atoms with Crippen molar-refractivity contribution in [3.8, 4) is 0 Å². The molecule has 3 rings (SSSR count). The van der Waals surface area contributed by atoms with Crippen LogP contribution in [0.5, 0.6) is 0 Å². The normalized spacial score (nSPS) is 15.0. The van der Waals surface area contributed by atoms with E-state index in [2.05, 4.69) is 15.2 Å². The molecule has 1 N–H and O–H groups in total. The summed E-state index contributed by atoms with van der Waals surface area (Å²) in [5.41, 5.74) is 1.88. The van der Waals surface area contributed by atoms with Crippen LogP contribution in [0.1, 0.15) is 35.2 Å². The van der Waals surface area contributed by atoms with Crippen molar-refractivity contribution in [3.05, 3.63) is 54.1 Å². The summed E-state index contributed by atoms with van der Waals surface area (Å²) in [6.07, 6.45) is 9.14. The van der Waals surface area contributed by atoms with E-state index in [1.165, 1.54) is 25.9 Å². The highest BCUT2D eigenvalue weighted by Gasteiger charge is 2.11. The Hall–Kier alpha value is -2.14. The SMILES string of the molecule is O=C(NCCCN1CCCC1)c1ccc(Cn2ccnc2)cc1. The highest BCUT2D eigenvalue weighted by molar-refractivity contribution is 5.94. The molecule has 1 amide bonds. The Morgan fingerprint density at radius 2 is 1.96 bits per heavy atom. The number of carbonyl (C=O) groups is 1. The van der Waals surface area contributed by atoms with E-state index in [0.29, 0.717) is 0 Å². The third-order valence-corrected chi connectivity index (χ3v) is 4.28. The van der Waals surface area contributed by atoms with Crippen LogP contribution in [0.15, 0.2) is 43.0 Å². The van der Waals surface area contributed by atoms with Gasteiger partial charge in [0.15, 0.2) is 0 Å². The molecule has 1 fully saturated rings. The van der Waals surface area contributed by atoms with Crippen LogP contribution in [0.2, 0.25) is 0 Å². The summed E-state index contributed by atoms with van der Waals surface area (Å²) in [5.74, 6) is 0.0144. The summed E-state index contributed by atoms with van der Waals surface area (Å²) >= 11 is 0. The quantitative estimate of drug-likeness (QED) is 0.797. The van der Waals surface area contributed by atoms with E-state index < -0.39 is 0 Å². The standard InChI is InChI=1S/C18H24N4O/c23-18(20-8-3-12-21-10-1-2-11-21)17-6-4-16(5-7-17)14-22-13-9-19-15-22/h4-7,9,13,15H,1-3,8,10-12,14H2,(H,20,23). The lowest BCUT2D eigenvalue weighted by atomic mass is 10.1. The number of imidazole rings is 1. The molecular formula is C18H24N4O. The van der Waals surface area contributed by atoms with Gasteiger partial charge in [-0.1, -0.05) is 12.1 Å². The van der Waals surface area contributed by atoms with Gasteiger partial charge >= 0.3 is 0 Å². The van der Waals surface area contributed by atoms with E-state index in [1.54, 1.807) is 12.5 Å². The van der Waals surface area contributed by atoms with E-state index in [0.717, 1.165) is 37.2 Å². The molecule has 0 atom stereocenters. The molecule has 0 spiro atoms. The second kappa shape index (κ2) is 7.92. The molecule has 2 aromatic rings. The Labute approximate surface area is 137 Å². The van der Waals surface area contributed by atoms with Gasteiger partial charge in [-0.25, -0.2) is 4.98 Å². The zero-order valence-electron chi connectivity index (χ0n) is 13.4. The third kappa shape index (κ3) is 4.66. The van der Waals surface area contributed by atoms with Gasteiger partial charge in [0.25, 0.3) is 5.91 Å². The van der Waals surface area contributed by atoms with Crippen LogP contribution in [-0.2, 0) is 6.54 Å². The van der Waals surface area contributed by atoms with Gasteiger partial charge in [0.05, 0.1) is 6.33 Å². The monoisotopic (exact) mass is 312 g/mol. The molecule has 0 saturated carbocycles. The Bertz CT molecular complexity index is 600. The number of hydrogen-bond acceptors (Lipinski definition) is 3. The van der Waals surface area contributed by atoms with Crippen LogP contribution in [0.3, 0.4) is 0 Å². The number of likely N-dealkylation sites (tertiary alicyclic amines) is 1. The summed E-state index contributed by atoms with van der Waals surface area (Å²) in [6.45, 7) is 5.03. The van der Waals surface area contributed by atoms with Crippen molar-refractivity contribution in [3.63, 3.8) is 0 Å². The lowest BCUT2D eigenvalue weighted by molar-refractivity contribution is 0.0952. The predicted molar refractivity (Wildman–Crippen MR) is 90.4 cm³/mol. The molecule has 1 aliphatic rings. The minimum Gasteiger partial charge on any atom is -0.352 e. The molecule has 1 aromatic carbocycles. The first kappa shape index (κ1) is 15.7. The van der Waals surface area contributed by atoms with Crippen molar-refractivity contribution in [2.24, 2.45) is 0 Å². The van der Waals surface area contributed by atoms with Crippen LogP contribution in [0.4, 0.5) is 0 Å². The molecular weight excluding hydrogens is 288 g/mol. The Morgan fingerprint density at radius 3 is 2.65 bits per heavy atom. The minimum atomic E-state index is 0.0144. The number of hydrogen-bond donors (Lipinski definition) is 1. The first-order valence-corrected chi connectivity index (χ1v) is 8.36. The van der Waals surface area contributed by atoms with Crippen molar-refractivity contribution >= 4 is 5.91 Å². The summed E-state index contributed by atoms with van der Waals surface area (Å²) in [4.78, 5) is 18.6. The number of nitrogens with one attached hydrogen (secondary N) is 1. The number of nitrogens with zero attached hydrogens (tertiary/aromatic N) is 3. The zero-order chi connectivity index (χ0) is 15.9. The van der Waals surface area contributed by atoms with Gasteiger partial charge in [-0.15, -0.1) is 0 Å². The highest BCUT2D eigenvalue weighted by atomic mass is 16.1. The number of aromatic nitrogens is 2. The maximum Gasteiger partial charge on any atom is 0.251 e. The fourth-order valence-corrected chi connectivity index (χ4v) is 2.97. The van der Waals surface area contributed by atoms with Crippen LogP contribution < -0.4 is 5.32 Å². The van der Waals surface area contributed by atoms with Crippen molar-refractivity contribution in [1.82, 2.24) is 19.8 Å². The molecule has 5 heteroatoms. The molecule has 23 heavy (non-hydrogen) atoms. The number of amides is 1. The fourth-order valence-electron chi connectivity index (χ4n) is 2.97. The molecule has 5 nitrogen and oxygen atoms in total. The summed E-state index contributed by atoms with van der Waals surface area (Å²) in [5, 5.41) is 3.01. The second-order valence-electron chi connectivity index (χ2n) is 6.09. The van der Waals surface area contributed by atoms with Gasteiger partial charge in [0.2, 0.25) is 0 Å². The topological polar surface area (TPSA) is 50.2 Å². The molecule has 1 saturated heterocycles. The van der Waals surface area contributed by atoms with Crippen molar-refractivity contribution in [1.29, 1.82) is 0 Å². The summed E-state index contributed by atoms with van der Waals surface area (Å²) in [6, 6.07) is 7.78. The molecule has 1 aliphatic heterocycles. The fraction of sp³-hybridized carbons (Fsp3) is 0.444. The van der Waals surface area contributed by atoms with Crippen molar-refractivity contribution in [2.45, 2.75) is 25.8 Å². The number of rotatable bonds is 7. The molecule has 0 aliphatic carbocycles. The van der Waals surface area contributed by atoms with Gasteiger partial charge in [0.1, 0.15) is 0 Å². The molecule has 0 unspecified atom stereocenters. The van der Waals surface area contributed by atoms with E-state index in [-0.39, 0.29) is 5.91 Å². The van der Waals surface area contributed by atoms with E-state index in [1.807, 2.05) is 35.0 Å². The van der Waals surface area contributed by atoms with Gasteiger partial charge in [-0.05, 0) is 56.6 Å². The smallest absolute Gasteiger partial charge is 0.251 e. The van der Waals surface area contributed by atoms with Gasteiger partial charge in [-0.2, -0.15) is 0 Å². The molecule has 1 aromatic heterocycles.